The molecule has 0 spiro atoms. The van der Waals surface area contributed by atoms with E-state index in [1.54, 1.807) is 42.7 Å². The van der Waals surface area contributed by atoms with Crippen molar-refractivity contribution in [1.29, 1.82) is 0 Å². The number of rotatable bonds is 5. The van der Waals surface area contributed by atoms with Crippen LogP contribution in [0.2, 0.25) is 0 Å². The van der Waals surface area contributed by atoms with Crippen LogP contribution in [-0.2, 0) is 0 Å². The lowest BCUT2D eigenvalue weighted by atomic mass is 10.1. The van der Waals surface area contributed by atoms with Gasteiger partial charge in [0.25, 0.3) is 0 Å². The molecule has 0 saturated heterocycles. The van der Waals surface area contributed by atoms with Gasteiger partial charge in [-0.15, -0.1) is 11.3 Å². The summed E-state index contributed by atoms with van der Waals surface area (Å²) in [6.07, 6.45) is 0. The van der Waals surface area contributed by atoms with Crippen LogP contribution in [0.3, 0.4) is 0 Å². The van der Waals surface area contributed by atoms with E-state index >= 15 is 0 Å². The number of hydrogen-bond acceptors (Lipinski definition) is 3. The summed E-state index contributed by atoms with van der Waals surface area (Å²) in [6, 6.07) is 11.1. The van der Waals surface area contributed by atoms with Gasteiger partial charge in [-0.05, 0) is 35.7 Å². The highest BCUT2D eigenvalue weighted by Gasteiger charge is 2.26. The topological polar surface area (TPSA) is 26.3 Å². The molecule has 0 fully saturated rings. The molecule has 0 radical (unpaired) electrons. The van der Waals surface area contributed by atoms with E-state index in [-0.39, 0.29) is 15.4 Å². The highest BCUT2D eigenvalue weighted by atomic mass is 79.9. The van der Waals surface area contributed by atoms with Gasteiger partial charge in [-0.1, -0.05) is 37.9 Å². The molecule has 0 amide bonds. The lowest BCUT2D eigenvalue weighted by Gasteiger charge is -2.14. The van der Waals surface area contributed by atoms with Crippen LogP contribution in [0.15, 0.2) is 41.8 Å². The predicted molar refractivity (Wildman–Crippen MR) is 86.0 cm³/mol. The number of ether oxygens (including phenoxy) is 1. The lowest BCUT2D eigenvalue weighted by molar-refractivity contribution is 0.0991. The molecule has 0 N–H and O–H groups in total. The monoisotopic (exact) mass is 402 g/mol. The van der Waals surface area contributed by atoms with Gasteiger partial charge in [0.15, 0.2) is 5.78 Å². The first-order valence-corrected chi connectivity index (χ1v) is 8.34. The smallest absolute Gasteiger partial charge is 0.177 e. The van der Waals surface area contributed by atoms with Gasteiger partial charge in [0.2, 0.25) is 0 Å². The molecular weight excluding hydrogens is 392 g/mol. The Morgan fingerprint density at radius 3 is 2.42 bits per heavy atom. The fourth-order valence-electron chi connectivity index (χ4n) is 1.64. The standard InChI is InChI=1S/C14H12Br2O2S/c1-18-10-6-4-9(5-7-10)14(17)13(16)12(15)11-3-2-8-19-11/h2-8,12-13H,1H3. The minimum atomic E-state index is -0.292. The summed E-state index contributed by atoms with van der Waals surface area (Å²) in [5, 5.41) is 2.00. The number of benzene rings is 1. The summed E-state index contributed by atoms with van der Waals surface area (Å²) in [5.41, 5.74) is 0.670. The van der Waals surface area contributed by atoms with Gasteiger partial charge in [-0.2, -0.15) is 0 Å². The average Bonchev–Trinajstić information content (AvgIpc) is 2.99. The maximum atomic E-state index is 12.4. The van der Waals surface area contributed by atoms with Gasteiger partial charge in [0, 0.05) is 10.4 Å². The Kier molecular flexibility index (Phi) is 5.19. The Balaban J connectivity index is 2.14. The summed E-state index contributed by atoms with van der Waals surface area (Å²) >= 11 is 8.68. The third kappa shape index (κ3) is 3.46. The van der Waals surface area contributed by atoms with Gasteiger partial charge >= 0.3 is 0 Å². The Morgan fingerprint density at radius 2 is 1.89 bits per heavy atom. The molecule has 2 unspecified atom stereocenters. The van der Waals surface area contributed by atoms with E-state index in [4.69, 9.17) is 4.74 Å². The summed E-state index contributed by atoms with van der Waals surface area (Å²) < 4.78 is 5.09. The Hall–Kier alpha value is -0.650. The number of alkyl halides is 2. The third-order valence-electron chi connectivity index (χ3n) is 2.70. The molecule has 100 valence electrons. The molecule has 2 aromatic rings. The molecule has 1 aromatic carbocycles. The molecule has 1 aromatic heterocycles. The van der Waals surface area contributed by atoms with Crippen molar-refractivity contribution in [3.8, 4) is 5.75 Å². The summed E-state index contributed by atoms with van der Waals surface area (Å²) in [4.78, 5) is 13.2. The number of thiophene rings is 1. The van der Waals surface area contributed by atoms with Crippen molar-refractivity contribution in [2.45, 2.75) is 9.65 Å². The second-order valence-corrected chi connectivity index (χ2v) is 6.86. The number of halogens is 2. The quantitative estimate of drug-likeness (QED) is 0.527. The van der Waals surface area contributed by atoms with Gasteiger partial charge in [-0.25, -0.2) is 0 Å². The molecule has 0 aliphatic heterocycles. The first-order chi connectivity index (χ1) is 9.13. The van der Waals surface area contributed by atoms with E-state index in [1.165, 1.54) is 0 Å². The van der Waals surface area contributed by atoms with Crippen LogP contribution in [0.5, 0.6) is 5.75 Å². The van der Waals surface area contributed by atoms with Crippen LogP contribution in [0.25, 0.3) is 0 Å². The van der Waals surface area contributed by atoms with E-state index < -0.39 is 0 Å². The minimum absolute atomic E-state index is 0.0258. The largest absolute Gasteiger partial charge is 0.497 e. The molecule has 2 rings (SSSR count). The summed E-state index contributed by atoms with van der Waals surface area (Å²) in [5.74, 6) is 0.800. The Morgan fingerprint density at radius 1 is 1.21 bits per heavy atom. The second-order valence-electron chi connectivity index (χ2n) is 3.91. The zero-order chi connectivity index (χ0) is 13.8. The number of ketones is 1. The van der Waals surface area contributed by atoms with Crippen molar-refractivity contribution in [3.05, 3.63) is 52.2 Å². The van der Waals surface area contributed by atoms with Crippen molar-refractivity contribution in [2.75, 3.05) is 7.11 Å². The van der Waals surface area contributed by atoms with Crippen LogP contribution in [-0.4, -0.2) is 17.7 Å². The summed E-state index contributed by atoms with van der Waals surface area (Å²) in [6.45, 7) is 0. The van der Waals surface area contributed by atoms with Gasteiger partial charge < -0.3 is 4.74 Å². The van der Waals surface area contributed by atoms with Crippen molar-refractivity contribution in [3.63, 3.8) is 0 Å². The molecular formula is C14H12Br2O2S. The van der Waals surface area contributed by atoms with Crippen molar-refractivity contribution < 1.29 is 9.53 Å². The molecule has 1 heterocycles. The molecule has 0 bridgehead atoms. The van der Waals surface area contributed by atoms with Crippen LogP contribution in [0.4, 0.5) is 0 Å². The van der Waals surface area contributed by atoms with E-state index in [1.807, 2.05) is 17.5 Å². The van der Waals surface area contributed by atoms with Gasteiger partial charge in [-0.3, -0.25) is 4.79 Å². The minimum Gasteiger partial charge on any atom is -0.497 e. The lowest BCUT2D eigenvalue weighted by Crippen LogP contribution is -2.18. The predicted octanol–water partition coefficient (Wildman–Crippen LogP) is 4.84. The van der Waals surface area contributed by atoms with Crippen LogP contribution in [0, 0.1) is 0 Å². The van der Waals surface area contributed by atoms with Gasteiger partial charge in [0.05, 0.1) is 16.8 Å². The average molecular weight is 404 g/mol. The number of hydrogen-bond donors (Lipinski definition) is 0. The normalized spacial score (nSPS) is 13.8. The molecule has 2 nitrogen and oxygen atoms in total. The zero-order valence-corrected chi connectivity index (χ0v) is 14.2. The fraction of sp³-hybridized carbons (Fsp3) is 0.214. The zero-order valence-electron chi connectivity index (χ0n) is 10.2. The number of carbonyl (C=O) groups is 1. The maximum absolute atomic E-state index is 12.4. The highest BCUT2D eigenvalue weighted by Crippen LogP contribution is 2.35. The molecule has 0 aliphatic carbocycles. The van der Waals surface area contributed by atoms with E-state index in [0.717, 1.165) is 10.6 Å². The number of carbonyl (C=O) groups excluding carboxylic acids is 1. The molecule has 5 heteroatoms. The molecule has 19 heavy (non-hydrogen) atoms. The first kappa shape index (κ1) is 14.8. The van der Waals surface area contributed by atoms with Crippen LogP contribution >= 0.6 is 43.2 Å². The van der Waals surface area contributed by atoms with Gasteiger partial charge in [0.1, 0.15) is 5.75 Å². The molecule has 2 atom stereocenters. The van der Waals surface area contributed by atoms with Crippen LogP contribution in [0.1, 0.15) is 20.1 Å². The van der Waals surface area contributed by atoms with Crippen molar-refractivity contribution in [1.82, 2.24) is 0 Å². The second kappa shape index (κ2) is 6.68. The number of Topliss-reactive ketones (excluding diaryl/α,β-unsaturated/α-hetero) is 1. The molecule has 0 aliphatic rings. The van der Waals surface area contributed by atoms with E-state index in [2.05, 4.69) is 31.9 Å². The Labute approximate surface area is 133 Å². The first-order valence-electron chi connectivity index (χ1n) is 5.63. The van der Waals surface area contributed by atoms with Crippen molar-refractivity contribution >= 4 is 49.0 Å². The van der Waals surface area contributed by atoms with Crippen LogP contribution < -0.4 is 4.74 Å². The van der Waals surface area contributed by atoms with Crippen molar-refractivity contribution in [2.24, 2.45) is 0 Å². The number of methoxy groups -OCH3 is 1. The molecule has 0 saturated carbocycles. The maximum Gasteiger partial charge on any atom is 0.177 e. The fourth-order valence-corrected chi connectivity index (χ4v) is 3.82. The Bertz CT molecular complexity index is 537. The SMILES string of the molecule is COc1ccc(C(=O)C(Br)C(Br)c2cccs2)cc1. The third-order valence-corrected chi connectivity index (χ3v) is 6.63. The summed E-state index contributed by atoms with van der Waals surface area (Å²) in [7, 11) is 1.61. The van der Waals surface area contributed by atoms with E-state index in [9.17, 15) is 4.79 Å². The van der Waals surface area contributed by atoms with E-state index in [0.29, 0.717) is 5.56 Å². The highest BCUT2D eigenvalue weighted by molar-refractivity contribution is 9.12.